The molecule has 4 aliphatic rings. The second-order valence-electron chi connectivity index (χ2n) is 25.4. The molecule has 0 saturated carbocycles. The van der Waals surface area contributed by atoms with Crippen LogP contribution in [0.5, 0.6) is 0 Å². The van der Waals surface area contributed by atoms with Gasteiger partial charge in [-0.05, 0) is 211 Å². The summed E-state index contributed by atoms with van der Waals surface area (Å²) in [5.74, 6) is 0. The third-order valence-electron chi connectivity index (χ3n) is 19.9. The van der Waals surface area contributed by atoms with Gasteiger partial charge in [-0.25, -0.2) is 0 Å². The maximum Gasteiger partial charge on any atom is 0.0725 e. The highest BCUT2D eigenvalue weighted by atomic mass is 32.1. The Morgan fingerprint density at radius 1 is 0.271 bits per heavy atom. The van der Waals surface area contributed by atoms with Gasteiger partial charge in [0, 0.05) is 65.1 Å². The molecule has 12 aromatic carbocycles. The second kappa shape index (κ2) is 18.0. The summed E-state index contributed by atoms with van der Waals surface area (Å²) >= 11 is 1.87. The molecule has 0 atom stereocenters. The average molecular weight is 1110 g/mol. The molecule has 2 nitrogen and oxygen atoms in total. The van der Waals surface area contributed by atoms with E-state index in [0.29, 0.717) is 0 Å². The van der Waals surface area contributed by atoms with Crippen molar-refractivity contribution in [2.75, 3.05) is 9.80 Å². The van der Waals surface area contributed by atoms with Crippen molar-refractivity contribution in [3.05, 3.63) is 310 Å². The standard InChI is InChI=1S/C82H62N2S/c1-49-24-35-63-65-38-31-57(47-76(65)80(4,5)74(63)42-49)84(58-32-39-66-64-36-25-50(2)43-75(64)81(6,7)77(66)48-58)54-30-37-59(51(3)44-54)52-26-28-53(29-27-52)83(56-34-41-79-69(46-56)67-19-11-15-23-78(67)85-79)55-33-40-73-68(45-55)62-18-10-14-22-72(62)82(73)70-20-12-8-16-60(70)61-17-9-13-21-71(61)82/h8-48H,1-7H3. The van der Waals surface area contributed by atoms with Gasteiger partial charge in [0.05, 0.1) is 5.41 Å². The van der Waals surface area contributed by atoms with Crippen LogP contribution in [-0.2, 0) is 16.2 Å². The average Bonchev–Trinajstić information content (AvgIpc) is 1.53. The Morgan fingerprint density at radius 3 is 1.24 bits per heavy atom. The minimum atomic E-state index is -0.406. The summed E-state index contributed by atoms with van der Waals surface area (Å²) in [4.78, 5) is 4.98. The van der Waals surface area contributed by atoms with Crippen LogP contribution in [0.1, 0.15) is 88.9 Å². The van der Waals surface area contributed by atoms with Crippen molar-refractivity contribution in [2.45, 2.75) is 64.7 Å². The first kappa shape index (κ1) is 50.0. The van der Waals surface area contributed by atoms with E-state index in [9.17, 15) is 0 Å². The molecule has 17 rings (SSSR count). The SMILES string of the molecule is Cc1ccc2c(c1)C(C)(C)c1cc(N(c3ccc(-c4ccc(N(c5ccc6c(c5)-c5ccccc5C65c6ccccc6-c6ccccc65)c5ccc6sc7ccccc7c6c5)cc4)c(C)c3)c3ccc4c(c3)C(C)(C)c3cc(C)ccc3-4)ccc1-2. The number of nitrogens with zero attached hydrogens (tertiary/aromatic N) is 2. The van der Waals surface area contributed by atoms with Crippen molar-refractivity contribution in [3.63, 3.8) is 0 Å². The van der Waals surface area contributed by atoms with E-state index in [0.717, 1.165) is 34.1 Å². The van der Waals surface area contributed by atoms with E-state index in [-0.39, 0.29) is 10.8 Å². The van der Waals surface area contributed by atoms with Crippen LogP contribution in [0, 0.1) is 20.8 Å². The third-order valence-corrected chi connectivity index (χ3v) is 21.1. The van der Waals surface area contributed by atoms with Gasteiger partial charge in [0.1, 0.15) is 0 Å². The van der Waals surface area contributed by atoms with Gasteiger partial charge in [-0.1, -0.05) is 203 Å². The Hall–Kier alpha value is -9.54. The van der Waals surface area contributed by atoms with Crippen molar-refractivity contribution in [1.29, 1.82) is 0 Å². The fourth-order valence-electron chi connectivity index (χ4n) is 15.8. The summed E-state index contributed by atoms with van der Waals surface area (Å²) in [7, 11) is 0. The predicted molar refractivity (Wildman–Crippen MR) is 360 cm³/mol. The Morgan fingerprint density at radius 2 is 0.659 bits per heavy atom. The van der Waals surface area contributed by atoms with E-state index >= 15 is 0 Å². The molecule has 3 heteroatoms. The molecule has 0 aliphatic heterocycles. The van der Waals surface area contributed by atoms with E-state index in [1.807, 2.05) is 11.3 Å². The maximum absolute atomic E-state index is 2.50. The van der Waals surface area contributed by atoms with Crippen molar-refractivity contribution >= 4 is 65.6 Å². The van der Waals surface area contributed by atoms with Gasteiger partial charge >= 0.3 is 0 Å². The first-order valence-electron chi connectivity index (χ1n) is 30.0. The molecule has 406 valence electrons. The van der Waals surface area contributed by atoms with Crippen LogP contribution < -0.4 is 9.80 Å². The zero-order chi connectivity index (χ0) is 57.3. The summed E-state index contributed by atoms with van der Waals surface area (Å²) in [6.07, 6.45) is 0. The van der Waals surface area contributed by atoms with Crippen LogP contribution in [0.25, 0.3) is 75.8 Å². The van der Waals surface area contributed by atoms with Gasteiger partial charge in [-0.15, -0.1) is 11.3 Å². The molecule has 4 aliphatic carbocycles. The number of fused-ring (bicyclic) bond motifs is 19. The molecule has 0 amide bonds. The van der Waals surface area contributed by atoms with E-state index in [2.05, 4.69) is 307 Å². The minimum absolute atomic E-state index is 0.144. The second-order valence-corrected chi connectivity index (χ2v) is 26.5. The normalized spacial score (nSPS) is 14.6. The molecule has 1 spiro atoms. The number of rotatable bonds is 7. The van der Waals surface area contributed by atoms with Crippen molar-refractivity contribution in [1.82, 2.24) is 0 Å². The lowest BCUT2D eigenvalue weighted by Gasteiger charge is -2.31. The van der Waals surface area contributed by atoms with Crippen LogP contribution in [0.15, 0.2) is 249 Å². The molecule has 1 heterocycles. The van der Waals surface area contributed by atoms with E-state index in [1.165, 1.54) is 137 Å². The molecule has 13 aromatic rings. The van der Waals surface area contributed by atoms with Crippen LogP contribution in [-0.4, -0.2) is 0 Å². The summed E-state index contributed by atoms with van der Waals surface area (Å²) in [6, 6.07) is 95.1. The first-order valence-corrected chi connectivity index (χ1v) is 30.9. The largest absolute Gasteiger partial charge is 0.310 e. The van der Waals surface area contributed by atoms with Gasteiger partial charge in [-0.3, -0.25) is 0 Å². The fraction of sp³-hybridized carbons (Fsp3) is 0.122. The fourth-order valence-corrected chi connectivity index (χ4v) is 16.9. The van der Waals surface area contributed by atoms with Crippen molar-refractivity contribution in [2.24, 2.45) is 0 Å². The summed E-state index contributed by atoms with van der Waals surface area (Å²) in [6.45, 7) is 16.3. The van der Waals surface area contributed by atoms with Gasteiger partial charge in [-0.2, -0.15) is 0 Å². The monoisotopic (exact) mass is 1110 g/mol. The van der Waals surface area contributed by atoms with Crippen LogP contribution in [0.2, 0.25) is 0 Å². The van der Waals surface area contributed by atoms with Gasteiger partial charge in [0.2, 0.25) is 0 Å². The number of aryl methyl sites for hydroxylation is 3. The lowest BCUT2D eigenvalue weighted by atomic mass is 9.70. The highest BCUT2D eigenvalue weighted by Gasteiger charge is 2.51. The molecular formula is C82H62N2S. The molecule has 85 heavy (non-hydrogen) atoms. The molecule has 0 N–H and O–H groups in total. The summed E-state index contributed by atoms with van der Waals surface area (Å²) < 4.78 is 2.60. The van der Waals surface area contributed by atoms with Crippen LogP contribution >= 0.6 is 11.3 Å². The molecule has 0 fully saturated rings. The third kappa shape index (κ3) is 7.05. The molecule has 0 saturated heterocycles. The van der Waals surface area contributed by atoms with E-state index in [1.54, 1.807) is 0 Å². The Labute approximate surface area is 502 Å². The van der Waals surface area contributed by atoms with Crippen molar-refractivity contribution in [3.8, 4) is 55.6 Å². The smallest absolute Gasteiger partial charge is 0.0725 e. The van der Waals surface area contributed by atoms with Gasteiger partial charge < -0.3 is 9.80 Å². The number of hydrogen-bond donors (Lipinski definition) is 0. The molecule has 0 unspecified atom stereocenters. The van der Waals surface area contributed by atoms with E-state index < -0.39 is 5.41 Å². The number of thiophene rings is 1. The highest BCUT2D eigenvalue weighted by molar-refractivity contribution is 7.25. The lowest BCUT2D eigenvalue weighted by Crippen LogP contribution is -2.25. The summed E-state index contributed by atoms with van der Waals surface area (Å²) in [5.41, 5.74) is 33.8. The van der Waals surface area contributed by atoms with Gasteiger partial charge in [0.25, 0.3) is 0 Å². The van der Waals surface area contributed by atoms with E-state index in [4.69, 9.17) is 0 Å². The maximum atomic E-state index is 2.50. The predicted octanol–water partition coefficient (Wildman–Crippen LogP) is 22.5. The number of benzene rings is 12. The molecule has 0 bridgehead atoms. The topological polar surface area (TPSA) is 6.48 Å². The minimum Gasteiger partial charge on any atom is -0.310 e. The van der Waals surface area contributed by atoms with Crippen LogP contribution in [0.4, 0.5) is 34.1 Å². The molecule has 0 radical (unpaired) electrons. The molecule has 1 aromatic heterocycles. The molecular weight excluding hydrogens is 1040 g/mol. The quantitative estimate of drug-likeness (QED) is 0.157. The summed E-state index contributed by atoms with van der Waals surface area (Å²) in [5, 5.41) is 2.57. The number of hydrogen-bond acceptors (Lipinski definition) is 3. The lowest BCUT2D eigenvalue weighted by molar-refractivity contribution is 0.659. The van der Waals surface area contributed by atoms with Gasteiger partial charge in [0.15, 0.2) is 0 Å². The Bertz CT molecular complexity index is 4850. The van der Waals surface area contributed by atoms with Crippen LogP contribution in [0.3, 0.4) is 0 Å². The zero-order valence-corrected chi connectivity index (χ0v) is 49.8. The Kier molecular flexibility index (Phi) is 10.6. The Balaban J connectivity index is 0.784. The first-order chi connectivity index (χ1) is 41.4. The van der Waals surface area contributed by atoms with Crippen molar-refractivity contribution < 1.29 is 0 Å². The number of anilines is 6. The zero-order valence-electron chi connectivity index (χ0n) is 49.0. The highest BCUT2D eigenvalue weighted by Crippen LogP contribution is 2.64.